The Morgan fingerprint density at radius 1 is 1.21 bits per heavy atom. The van der Waals surface area contributed by atoms with Crippen molar-refractivity contribution in [2.45, 2.75) is 6.54 Å². The molecular weight excluding hydrogens is 283 g/mol. The Morgan fingerprint density at radius 3 is 2.84 bits per heavy atom. The topological polar surface area (TPSA) is 24.9 Å². The zero-order valence-corrected chi connectivity index (χ0v) is 11.4. The number of thiazole rings is 1. The van der Waals surface area contributed by atoms with Crippen molar-refractivity contribution in [3.63, 3.8) is 0 Å². The second-order valence-corrected chi connectivity index (χ2v) is 5.50. The highest BCUT2D eigenvalue weighted by Gasteiger charge is 2.06. The monoisotopic (exact) mass is 292 g/mol. The molecule has 0 aliphatic carbocycles. The van der Waals surface area contributed by atoms with Crippen LogP contribution in [0.25, 0.3) is 10.2 Å². The Morgan fingerprint density at radius 2 is 2.05 bits per heavy atom. The Kier molecular flexibility index (Phi) is 3.36. The van der Waals surface area contributed by atoms with Crippen molar-refractivity contribution >= 4 is 38.3 Å². The van der Waals surface area contributed by atoms with E-state index in [-0.39, 0.29) is 5.82 Å². The first-order valence-corrected chi connectivity index (χ1v) is 6.95. The highest BCUT2D eigenvalue weighted by Crippen LogP contribution is 2.31. The minimum Gasteiger partial charge on any atom is -0.357 e. The SMILES string of the molecule is Fc1cccc(CNc2nc3cccc(Cl)c3s2)c1. The van der Waals surface area contributed by atoms with E-state index in [4.69, 9.17) is 11.6 Å². The number of nitrogens with one attached hydrogen (secondary N) is 1. The average molecular weight is 293 g/mol. The van der Waals surface area contributed by atoms with Crippen molar-refractivity contribution < 1.29 is 4.39 Å². The molecule has 0 bridgehead atoms. The molecule has 1 N–H and O–H groups in total. The molecule has 0 fully saturated rings. The summed E-state index contributed by atoms with van der Waals surface area (Å²) in [7, 11) is 0. The Bertz CT molecular complexity index is 726. The predicted octanol–water partition coefficient (Wildman–Crippen LogP) is 4.70. The third kappa shape index (κ3) is 2.69. The second-order valence-electron chi connectivity index (χ2n) is 4.09. The summed E-state index contributed by atoms with van der Waals surface area (Å²) in [6, 6.07) is 12.1. The first-order valence-electron chi connectivity index (χ1n) is 5.76. The standard InChI is InChI=1S/C14H10ClFN2S/c15-11-5-2-6-12-13(11)19-14(18-12)17-8-9-3-1-4-10(16)7-9/h1-7H,8H2,(H,17,18). The summed E-state index contributed by atoms with van der Waals surface area (Å²) < 4.78 is 14.0. The molecule has 1 aromatic heterocycles. The van der Waals surface area contributed by atoms with Gasteiger partial charge in [0.05, 0.1) is 15.2 Å². The van der Waals surface area contributed by atoms with Gasteiger partial charge in [0.25, 0.3) is 0 Å². The third-order valence-corrected chi connectivity index (χ3v) is 4.19. The Labute approximate surface area is 118 Å². The van der Waals surface area contributed by atoms with Crippen molar-refractivity contribution in [1.82, 2.24) is 4.98 Å². The van der Waals surface area contributed by atoms with Crippen molar-refractivity contribution in [3.05, 3.63) is 58.9 Å². The van der Waals surface area contributed by atoms with Gasteiger partial charge in [0, 0.05) is 6.54 Å². The van der Waals surface area contributed by atoms with Crippen LogP contribution in [0.15, 0.2) is 42.5 Å². The molecule has 3 aromatic rings. The van der Waals surface area contributed by atoms with Gasteiger partial charge in [-0.25, -0.2) is 9.37 Å². The van der Waals surface area contributed by atoms with Gasteiger partial charge in [0.2, 0.25) is 0 Å². The average Bonchev–Trinajstić information content (AvgIpc) is 2.81. The first kappa shape index (κ1) is 12.4. The number of halogens is 2. The lowest BCUT2D eigenvalue weighted by atomic mass is 10.2. The molecule has 1 heterocycles. The summed E-state index contributed by atoms with van der Waals surface area (Å²) >= 11 is 7.60. The Hall–Kier alpha value is -1.65. The predicted molar refractivity (Wildman–Crippen MR) is 78.4 cm³/mol. The number of hydrogen-bond acceptors (Lipinski definition) is 3. The summed E-state index contributed by atoms with van der Waals surface area (Å²) in [4.78, 5) is 4.44. The maximum absolute atomic E-state index is 13.1. The molecule has 0 aliphatic rings. The fraction of sp³-hybridized carbons (Fsp3) is 0.0714. The number of fused-ring (bicyclic) bond motifs is 1. The van der Waals surface area contributed by atoms with E-state index in [0.29, 0.717) is 11.6 Å². The highest BCUT2D eigenvalue weighted by molar-refractivity contribution is 7.22. The lowest BCUT2D eigenvalue weighted by molar-refractivity contribution is 0.626. The molecule has 0 saturated heterocycles. The second kappa shape index (κ2) is 5.15. The maximum atomic E-state index is 13.1. The molecule has 0 saturated carbocycles. The van der Waals surface area contributed by atoms with E-state index in [1.165, 1.54) is 23.5 Å². The van der Waals surface area contributed by atoms with Crippen LogP contribution >= 0.6 is 22.9 Å². The van der Waals surface area contributed by atoms with Crippen LogP contribution < -0.4 is 5.32 Å². The molecule has 2 nitrogen and oxygen atoms in total. The number of aromatic nitrogens is 1. The summed E-state index contributed by atoms with van der Waals surface area (Å²) in [5, 5.41) is 4.67. The van der Waals surface area contributed by atoms with Crippen molar-refractivity contribution in [2.24, 2.45) is 0 Å². The molecule has 3 rings (SSSR count). The fourth-order valence-electron chi connectivity index (χ4n) is 1.82. The van der Waals surface area contributed by atoms with E-state index < -0.39 is 0 Å². The number of nitrogens with zero attached hydrogens (tertiary/aromatic N) is 1. The van der Waals surface area contributed by atoms with Gasteiger partial charge in [-0.2, -0.15) is 0 Å². The van der Waals surface area contributed by atoms with Gasteiger partial charge >= 0.3 is 0 Å². The van der Waals surface area contributed by atoms with Gasteiger partial charge in [-0.3, -0.25) is 0 Å². The van der Waals surface area contributed by atoms with Crippen LogP contribution in [0.4, 0.5) is 9.52 Å². The first-order chi connectivity index (χ1) is 9.22. The highest BCUT2D eigenvalue weighted by atomic mass is 35.5. The summed E-state index contributed by atoms with van der Waals surface area (Å²) in [5.41, 5.74) is 1.75. The number of rotatable bonds is 3. The fourth-order valence-corrected chi connectivity index (χ4v) is 2.97. The molecule has 0 aliphatic heterocycles. The van der Waals surface area contributed by atoms with Crippen molar-refractivity contribution in [3.8, 4) is 0 Å². The quantitative estimate of drug-likeness (QED) is 0.757. The normalized spacial score (nSPS) is 10.8. The molecule has 0 spiro atoms. The number of hydrogen-bond donors (Lipinski definition) is 1. The van der Waals surface area contributed by atoms with E-state index in [9.17, 15) is 4.39 Å². The number of benzene rings is 2. The number of anilines is 1. The van der Waals surface area contributed by atoms with Crippen LogP contribution in [-0.4, -0.2) is 4.98 Å². The molecule has 5 heteroatoms. The molecule has 0 amide bonds. The summed E-state index contributed by atoms with van der Waals surface area (Å²) in [6.07, 6.45) is 0. The van der Waals surface area contributed by atoms with Gasteiger partial charge in [-0.1, -0.05) is 41.1 Å². The van der Waals surface area contributed by atoms with E-state index in [2.05, 4.69) is 10.3 Å². The molecule has 96 valence electrons. The van der Waals surface area contributed by atoms with E-state index in [1.807, 2.05) is 24.3 Å². The van der Waals surface area contributed by atoms with Gasteiger partial charge < -0.3 is 5.32 Å². The summed E-state index contributed by atoms with van der Waals surface area (Å²) in [6.45, 7) is 0.537. The Balaban J connectivity index is 1.80. The van der Waals surface area contributed by atoms with Crippen LogP contribution in [0.2, 0.25) is 5.02 Å². The van der Waals surface area contributed by atoms with E-state index >= 15 is 0 Å². The van der Waals surface area contributed by atoms with Crippen molar-refractivity contribution in [2.75, 3.05) is 5.32 Å². The van der Waals surface area contributed by atoms with E-state index in [0.717, 1.165) is 20.9 Å². The van der Waals surface area contributed by atoms with Crippen molar-refractivity contribution in [1.29, 1.82) is 0 Å². The molecule has 0 radical (unpaired) electrons. The zero-order chi connectivity index (χ0) is 13.2. The lowest BCUT2D eigenvalue weighted by Crippen LogP contribution is -1.98. The van der Waals surface area contributed by atoms with E-state index in [1.54, 1.807) is 6.07 Å². The molecule has 0 atom stereocenters. The summed E-state index contributed by atoms with van der Waals surface area (Å²) in [5.74, 6) is -0.230. The molecule has 19 heavy (non-hydrogen) atoms. The minimum absolute atomic E-state index is 0.230. The molecule has 0 unspecified atom stereocenters. The van der Waals surface area contributed by atoms with Crippen LogP contribution in [0.1, 0.15) is 5.56 Å². The minimum atomic E-state index is -0.230. The smallest absolute Gasteiger partial charge is 0.184 e. The maximum Gasteiger partial charge on any atom is 0.184 e. The van der Waals surface area contributed by atoms with Crippen LogP contribution in [-0.2, 0) is 6.54 Å². The third-order valence-electron chi connectivity index (χ3n) is 2.70. The lowest BCUT2D eigenvalue weighted by Gasteiger charge is -2.02. The van der Waals surface area contributed by atoms with Crippen LogP contribution in [0.3, 0.4) is 0 Å². The zero-order valence-electron chi connectivity index (χ0n) is 9.86. The largest absolute Gasteiger partial charge is 0.357 e. The van der Waals surface area contributed by atoms with Crippen LogP contribution in [0.5, 0.6) is 0 Å². The van der Waals surface area contributed by atoms with Gasteiger partial charge in [-0.05, 0) is 29.8 Å². The molecule has 2 aromatic carbocycles. The molecular formula is C14H10ClFN2S. The van der Waals surface area contributed by atoms with Crippen LogP contribution in [0, 0.1) is 5.82 Å². The van der Waals surface area contributed by atoms with Gasteiger partial charge in [0.1, 0.15) is 5.82 Å². The van der Waals surface area contributed by atoms with Gasteiger partial charge in [-0.15, -0.1) is 0 Å². The van der Waals surface area contributed by atoms with Gasteiger partial charge in [0.15, 0.2) is 5.13 Å².